The van der Waals surface area contributed by atoms with Crippen molar-refractivity contribution < 1.29 is 9.47 Å². The summed E-state index contributed by atoms with van der Waals surface area (Å²) in [7, 11) is 0. The summed E-state index contributed by atoms with van der Waals surface area (Å²) in [6.45, 7) is 3.26. The molecular formula is C17H19ClO2. The number of benzene rings is 2. The summed E-state index contributed by atoms with van der Waals surface area (Å²) in [5.41, 5.74) is 1.82. The first kappa shape index (κ1) is 14.9. The maximum Gasteiger partial charge on any atom is 0.156 e. The minimum Gasteiger partial charge on any atom is -0.494 e. The third-order valence-corrected chi connectivity index (χ3v) is 3.28. The molecule has 0 aliphatic heterocycles. The summed E-state index contributed by atoms with van der Waals surface area (Å²) in [6.07, 6.45) is 0.809. The van der Waals surface area contributed by atoms with E-state index in [0.29, 0.717) is 13.2 Å². The SMILES string of the molecule is Cc1ccc(OCCCOC(Cl)c2ccccc2)cc1. The van der Waals surface area contributed by atoms with Gasteiger partial charge in [0.1, 0.15) is 5.75 Å². The second-order valence-corrected chi connectivity index (χ2v) is 5.01. The van der Waals surface area contributed by atoms with E-state index in [9.17, 15) is 0 Å². The molecule has 0 aliphatic carbocycles. The molecule has 0 radical (unpaired) electrons. The minimum absolute atomic E-state index is 0.393. The lowest BCUT2D eigenvalue weighted by molar-refractivity contribution is 0.0957. The Labute approximate surface area is 125 Å². The molecule has 1 atom stereocenters. The highest BCUT2D eigenvalue weighted by atomic mass is 35.5. The third kappa shape index (κ3) is 4.87. The van der Waals surface area contributed by atoms with Crippen molar-refractivity contribution in [1.82, 2.24) is 0 Å². The number of rotatable bonds is 7. The van der Waals surface area contributed by atoms with E-state index in [1.807, 2.05) is 54.6 Å². The van der Waals surface area contributed by atoms with E-state index in [1.165, 1.54) is 5.56 Å². The van der Waals surface area contributed by atoms with E-state index >= 15 is 0 Å². The van der Waals surface area contributed by atoms with Crippen LogP contribution in [0.2, 0.25) is 0 Å². The van der Waals surface area contributed by atoms with Crippen LogP contribution in [0.5, 0.6) is 5.75 Å². The molecule has 0 fully saturated rings. The molecule has 2 aromatic rings. The van der Waals surface area contributed by atoms with Crippen LogP contribution in [0.25, 0.3) is 0 Å². The lowest BCUT2D eigenvalue weighted by Gasteiger charge is -2.11. The van der Waals surface area contributed by atoms with Gasteiger partial charge in [-0.2, -0.15) is 0 Å². The Hall–Kier alpha value is -1.51. The average molecular weight is 291 g/mol. The largest absolute Gasteiger partial charge is 0.494 e. The number of ether oxygens (including phenoxy) is 2. The van der Waals surface area contributed by atoms with Gasteiger partial charge in [-0.15, -0.1) is 0 Å². The van der Waals surface area contributed by atoms with Crippen LogP contribution in [0.15, 0.2) is 54.6 Å². The molecule has 0 saturated heterocycles. The van der Waals surface area contributed by atoms with Crippen LogP contribution in [-0.2, 0) is 4.74 Å². The van der Waals surface area contributed by atoms with Crippen molar-refractivity contribution in [2.75, 3.05) is 13.2 Å². The second kappa shape index (κ2) is 7.93. The van der Waals surface area contributed by atoms with Crippen LogP contribution in [0, 0.1) is 6.92 Å². The zero-order valence-corrected chi connectivity index (χ0v) is 12.3. The summed E-state index contributed by atoms with van der Waals surface area (Å²) >= 11 is 6.16. The van der Waals surface area contributed by atoms with Gasteiger partial charge in [0.15, 0.2) is 5.56 Å². The molecule has 2 rings (SSSR count). The van der Waals surface area contributed by atoms with Crippen molar-refractivity contribution in [2.24, 2.45) is 0 Å². The van der Waals surface area contributed by atoms with E-state index < -0.39 is 5.56 Å². The van der Waals surface area contributed by atoms with Gasteiger partial charge in [0.25, 0.3) is 0 Å². The van der Waals surface area contributed by atoms with Gasteiger partial charge in [0.2, 0.25) is 0 Å². The van der Waals surface area contributed by atoms with E-state index in [0.717, 1.165) is 17.7 Å². The summed E-state index contributed by atoms with van der Waals surface area (Å²) in [5.74, 6) is 0.890. The van der Waals surface area contributed by atoms with Gasteiger partial charge >= 0.3 is 0 Å². The molecule has 0 aliphatic rings. The Morgan fingerprint density at radius 3 is 2.35 bits per heavy atom. The van der Waals surface area contributed by atoms with Gasteiger partial charge in [-0.05, 0) is 24.6 Å². The number of hydrogen-bond donors (Lipinski definition) is 0. The molecule has 3 heteroatoms. The van der Waals surface area contributed by atoms with Gasteiger partial charge in [-0.3, -0.25) is 0 Å². The molecule has 0 heterocycles. The fraction of sp³-hybridized carbons (Fsp3) is 0.294. The molecule has 0 aromatic heterocycles. The zero-order chi connectivity index (χ0) is 14.2. The minimum atomic E-state index is -0.393. The maximum atomic E-state index is 6.16. The molecule has 2 nitrogen and oxygen atoms in total. The van der Waals surface area contributed by atoms with Crippen molar-refractivity contribution in [3.8, 4) is 5.75 Å². The van der Waals surface area contributed by atoms with Crippen molar-refractivity contribution in [3.05, 3.63) is 65.7 Å². The molecule has 1 unspecified atom stereocenters. The Morgan fingerprint density at radius 1 is 0.950 bits per heavy atom. The second-order valence-electron chi connectivity index (χ2n) is 4.61. The maximum absolute atomic E-state index is 6.16. The molecule has 106 valence electrons. The van der Waals surface area contributed by atoms with Gasteiger partial charge in [0.05, 0.1) is 13.2 Å². The first-order valence-corrected chi connectivity index (χ1v) is 7.19. The summed E-state index contributed by atoms with van der Waals surface area (Å²) in [5, 5.41) is 0. The van der Waals surface area contributed by atoms with E-state index in [4.69, 9.17) is 21.1 Å². The van der Waals surface area contributed by atoms with Crippen molar-refractivity contribution >= 4 is 11.6 Å². The highest BCUT2D eigenvalue weighted by Crippen LogP contribution is 2.21. The lowest BCUT2D eigenvalue weighted by Crippen LogP contribution is -2.05. The van der Waals surface area contributed by atoms with Crippen LogP contribution in [0.4, 0.5) is 0 Å². The van der Waals surface area contributed by atoms with Gasteiger partial charge in [-0.25, -0.2) is 0 Å². The molecule has 0 N–H and O–H groups in total. The first-order chi connectivity index (χ1) is 9.75. The smallest absolute Gasteiger partial charge is 0.156 e. The zero-order valence-electron chi connectivity index (χ0n) is 11.6. The van der Waals surface area contributed by atoms with E-state index in [-0.39, 0.29) is 0 Å². The summed E-state index contributed by atoms with van der Waals surface area (Å²) in [6, 6.07) is 17.8. The van der Waals surface area contributed by atoms with Gasteiger partial charge < -0.3 is 9.47 Å². The predicted molar refractivity (Wildman–Crippen MR) is 82.3 cm³/mol. The first-order valence-electron chi connectivity index (χ1n) is 6.76. The fourth-order valence-electron chi connectivity index (χ4n) is 1.77. The standard InChI is InChI=1S/C17H19ClO2/c1-14-8-10-16(11-9-14)19-12-5-13-20-17(18)15-6-3-2-4-7-15/h2-4,6-11,17H,5,12-13H2,1H3. The van der Waals surface area contributed by atoms with Crippen LogP contribution in [0.3, 0.4) is 0 Å². The van der Waals surface area contributed by atoms with E-state index in [1.54, 1.807) is 0 Å². The number of hydrogen-bond acceptors (Lipinski definition) is 2. The highest BCUT2D eigenvalue weighted by Gasteiger charge is 2.06. The Morgan fingerprint density at radius 2 is 1.65 bits per heavy atom. The number of aryl methyl sites for hydroxylation is 1. The molecule has 2 aromatic carbocycles. The summed E-state index contributed by atoms with van der Waals surface area (Å²) in [4.78, 5) is 0. The highest BCUT2D eigenvalue weighted by molar-refractivity contribution is 6.19. The van der Waals surface area contributed by atoms with E-state index in [2.05, 4.69) is 6.92 Å². The van der Waals surface area contributed by atoms with Gasteiger partial charge in [-0.1, -0.05) is 59.6 Å². The fourth-order valence-corrected chi connectivity index (χ4v) is 2.01. The van der Waals surface area contributed by atoms with Crippen LogP contribution >= 0.6 is 11.6 Å². The molecule has 0 bridgehead atoms. The average Bonchev–Trinajstić information content (AvgIpc) is 2.49. The molecule has 20 heavy (non-hydrogen) atoms. The third-order valence-electron chi connectivity index (χ3n) is 2.90. The Bertz CT molecular complexity index is 496. The summed E-state index contributed by atoms with van der Waals surface area (Å²) < 4.78 is 11.2. The van der Waals surface area contributed by atoms with Crippen molar-refractivity contribution in [3.63, 3.8) is 0 Å². The molecule has 0 amide bonds. The molecule has 0 saturated carbocycles. The monoisotopic (exact) mass is 290 g/mol. The van der Waals surface area contributed by atoms with Crippen molar-refractivity contribution in [2.45, 2.75) is 18.9 Å². The number of halogens is 1. The Kier molecular flexibility index (Phi) is 5.90. The molecule has 0 spiro atoms. The number of alkyl halides is 1. The Balaban J connectivity index is 1.63. The quantitative estimate of drug-likeness (QED) is 0.543. The topological polar surface area (TPSA) is 18.5 Å². The van der Waals surface area contributed by atoms with Crippen molar-refractivity contribution in [1.29, 1.82) is 0 Å². The lowest BCUT2D eigenvalue weighted by atomic mass is 10.2. The molecular weight excluding hydrogens is 272 g/mol. The van der Waals surface area contributed by atoms with Crippen LogP contribution in [0.1, 0.15) is 23.1 Å². The normalized spacial score (nSPS) is 12.1. The van der Waals surface area contributed by atoms with Gasteiger partial charge in [0, 0.05) is 6.42 Å². The van der Waals surface area contributed by atoms with Crippen LogP contribution in [-0.4, -0.2) is 13.2 Å². The predicted octanol–water partition coefficient (Wildman–Crippen LogP) is 4.72. The van der Waals surface area contributed by atoms with Crippen LogP contribution < -0.4 is 4.74 Å².